The van der Waals surface area contributed by atoms with E-state index in [0.29, 0.717) is 6.54 Å². The van der Waals surface area contributed by atoms with E-state index in [9.17, 15) is 9.59 Å². The van der Waals surface area contributed by atoms with Gasteiger partial charge in [-0.05, 0) is 28.8 Å². The molecule has 1 amide bonds. The molecule has 0 saturated heterocycles. The zero-order chi connectivity index (χ0) is 12.0. The van der Waals surface area contributed by atoms with Gasteiger partial charge in [-0.15, -0.1) is 0 Å². The van der Waals surface area contributed by atoms with Crippen molar-refractivity contribution in [2.24, 2.45) is 5.73 Å². The fraction of sp³-hybridized carbons (Fsp3) is 0.400. The number of nitrogens with two attached hydrogens (primary N) is 1. The predicted molar refractivity (Wildman–Crippen MR) is 61.3 cm³/mol. The van der Waals surface area contributed by atoms with Crippen LogP contribution in [0.25, 0.3) is 0 Å². The lowest BCUT2D eigenvalue weighted by atomic mass is 10.2. The number of carboxylic acids is 1. The van der Waals surface area contributed by atoms with Gasteiger partial charge in [0.15, 0.2) is 0 Å². The number of carboxylic acid groups (broad SMARTS) is 1. The number of rotatable bonds is 6. The van der Waals surface area contributed by atoms with Gasteiger partial charge in [0.25, 0.3) is 0 Å². The van der Waals surface area contributed by atoms with Crippen LogP contribution in [0.2, 0.25) is 0 Å². The Bertz CT molecular complexity index is 351. The minimum atomic E-state index is -1.07. The van der Waals surface area contributed by atoms with E-state index < -0.39 is 17.9 Å². The average Bonchev–Trinajstić information content (AvgIpc) is 2.69. The third-order valence-corrected chi connectivity index (χ3v) is 2.76. The second-order valence-electron chi connectivity index (χ2n) is 3.38. The molecule has 1 heterocycles. The van der Waals surface area contributed by atoms with Gasteiger partial charge < -0.3 is 16.2 Å². The van der Waals surface area contributed by atoms with Crippen LogP contribution in [0, 0.1) is 0 Å². The summed E-state index contributed by atoms with van der Waals surface area (Å²) < 4.78 is 0. The van der Waals surface area contributed by atoms with Crippen LogP contribution in [0.4, 0.5) is 0 Å². The van der Waals surface area contributed by atoms with E-state index in [-0.39, 0.29) is 6.42 Å². The molecule has 0 spiro atoms. The second kappa shape index (κ2) is 6.24. The summed E-state index contributed by atoms with van der Waals surface area (Å²) in [5.74, 6) is -1.49. The highest BCUT2D eigenvalue weighted by Crippen LogP contribution is 2.05. The first-order valence-electron chi connectivity index (χ1n) is 4.85. The summed E-state index contributed by atoms with van der Waals surface area (Å²) in [6.45, 7) is 0.475. The van der Waals surface area contributed by atoms with Crippen LogP contribution < -0.4 is 11.1 Å². The van der Waals surface area contributed by atoms with Gasteiger partial charge in [0.05, 0.1) is 12.5 Å². The Hall–Kier alpha value is -1.40. The summed E-state index contributed by atoms with van der Waals surface area (Å²) >= 11 is 1.60. The zero-order valence-corrected chi connectivity index (χ0v) is 9.50. The van der Waals surface area contributed by atoms with Gasteiger partial charge in [-0.25, -0.2) is 0 Å². The number of hydrogen-bond acceptors (Lipinski definition) is 4. The van der Waals surface area contributed by atoms with Crippen molar-refractivity contribution in [2.45, 2.75) is 18.9 Å². The van der Waals surface area contributed by atoms with Gasteiger partial charge in [-0.2, -0.15) is 11.3 Å². The first-order chi connectivity index (χ1) is 7.59. The van der Waals surface area contributed by atoms with Crippen LogP contribution in [-0.4, -0.2) is 29.6 Å². The van der Waals surface area contributed by atoms with Gasteiger partial charge in [0.1, 0.15) is 0 Å². The van der Waals surface area contributed by atoms with E-state index in [4.69, 9.17) is 10.8 Å². The number of aliphatic carboxylic acids is 1. The molecule has 0 saturated carbocycles. The highest BCUT2D eigenvalue weighted by atomic mass is 32.1. The molecule has 0 bridgehead atoms. The average molecular weight is 242 g/mol. The van der Waals surface area contributed by atoms with Crippen LogP contribution in [0.1, 0.15) is 12.0 Å². The molecule has 1 rings (SSSR count). The maximum absolute atomic E-state index is 11.3. The van der Waals surface area contributed by atoms with E-state index in [1.54, 1.807) is 11.3 Å². The van der Waals surface area contributed by atoms with Crippen molar-refractivity contribution < 1.29 is 14.7 Å². The molecule has 5 nitrogen and oxygen atoms in total. The third-order valence-electron chi connectivity index (χ3n) is 2.02. The number of amides is 1. The molecule has 88 valence electrons. The molecule has 1 aromatic heterocycles. The quantitative estimate of drug-likeness (QED) is 0.665. The summed E-state index contributed by atoms with van der Waals surface area (Å²) in [5.41, 5.74) is 6.54. The molecule has 0 aromatic carbocycles. The van der Waals surface area contributed by atoms with Crippen molar-refractivity contribution in [3.63, 3.8) is 0 Å². The maximum atomic E-state index is 11.3. The van der Waals surface area contributed by atoms with Crippen molar-refractivity contribution in [3.05, 3.63) is 22.4 Å². The monoisotopic (exact) mass is 242 g/mol. The Morgan fingerprint density at radius 1 is 1.56 bits per heavy atom. The number of hydrogen-bond donors (Lipinski definition) is 3. The number of carbonyl (C=O) groups excluding carboxylic acids is 1. The van der Waals surface area contributed by atoms with Crippen LogP contribution >= 0.6 is 11.3 Å². The van der Waals surface area contributed by atoms with E-state index in [0.717, 1.165) is 12.0 Å². The third kappa shape index (κ3) is 4.41. The highest BCUT2D eigenvalue weighted by molar-refractivity contribution is 7.07. The van der Waals surface area contributed by atoms with Crippen LogP contribution in [0.5, 0.6) is 0 Å². The standard InChI is InChI=1S/C10H14N2O3S/c11-8(5-9(13)14)10(15)12-3-1-7-2-4-16-6-7/h2,4,6,8H,1,3,5,11H2,(H,12,15)(H,13,14). The number of thiophene rings is 1. The Kier molecular flexibility index (Phi) is 4.94. The van der Waals surface area contributed by atoms with Gasteiger partial charge >= 0.3 is 5.97 Å². The summed E-state index contributed by atoms with van der Waals surface area (Å²) in [7, 11) is 0. The van der Waals surface area contributed by atoms with Crippen molar-refractivity contribution in [3.8, 4) is 0 Å². The molecule has 4 N–H and O–H groups in total. The summed E-state index contributed by atoms with van der Waals surface area (Å²) in [6, 6.07) is 1.01. The Balaban J connectivity index is 2.22. The van der Waals surface area contributed by atoms with Crippen molar-refractivity contribution >= 4 is 23.2 Å². The van der Waals surface area contributed by atoms with Gasteiger partial charge in [0.2, 0.25) is 5.91 Å². The van der Waals surface area contributed by atoms with Crippen LogP contribution in [-0.2, 0) is 16.0 Å². The molecule has 1 atom stereocenters. The Morgan fingerprint density at radius 3 is 2.88 bits per heavy atom. The Labute approximate surface area is 97.3 Å². The van der Waals surface area contributed by atoms with Gasteiger partial charge in [0, 0.05) is 6.54 Å². The maximum Gasteiger partial charge on any atom is 0.305 e. The molecule has 16 heavy (non-hydrogen) atoms. The second-order valence-corrected chi connectivity index (χ2v) is 4.16. The summed E-state index contributed by atoms with van der Waals surface area (Å²) in [6.07, 6.45) is 0.388. The van der Waals surface area contributed by atoms with Crippen molar-refractivity contribution in [1.82, 2.24) is 5.32 Å². The topological polar surface area (TPSA) is 92.4 Å². The largest absolute Gasteiger partial charge is 0.481 e. The highest BCUT2D eigenvalue weighted by Gasteiger charge is 2.16. The molecule has 0 aliphatic heterocycles. The molecular formula is C10H14N2O3S. The molecule has 6 heteroatoms. The number of nitrogens with one attached hydrogen (secondary N) is 1. The lowest BCUT2D eigenvalue weighted by molar-refractivity contribution is -0.139. The lowest BCUT2D eigenvalue weighted by Crippen LogP contribution is -2.42. The van der Waals surface area contributed by atoms with Crippen LogP contribution in [0.15, 0.2) is 16.8 Å². The summed E-state index contributed by atoms with van der Waals surface area (Å²) in [5, 5.41) is 15.0. The zero-order valence-electron chi connectivity index (χ0n) is 8.68. The van der Waals surface area contributed by atoms with Crippen molar-refractivity contribution in [1.29, 1.82) is 0 Å². The molecule has 0 radical (unpaired) electrons. The van der Waals surface area contributed by atoms with E-state index >= 15 is 0 Å². The lowest BCUT2D eigenvalue weighted by Gasteiger charge is -2.09. The van der Waals surface area contributed by atoms with E-state index in [1.165, 1.54) is 0 Å². The molecule has 1 aromatic rings. The van der Waals surface area contributed by atoms with Crippen molar-refractivity contribution in [2.75, 3.05) is 6.54 Å². The first-order valence-corrected chi connectivity index (χ1v) is 5.80. The molecular weight excluding hydrogens is 228 g/mol. The van der Waals surface area contributed by atoms with Crippen LogP contribution in [0.3, 0.4) is 0 Å². The number of carbonyl (C=O) groups is 2. The fourth-order valence-electron chi connectivity index (χ4n) is 1.18. The van der Waals surface area contributed by atoms with Gasteiger partial charge in [-0.1, -0.05) is 0 Å². The van der Waals surface area contributed by atoms with E-state index in [1.807, 2.05) is 16.8 Å². The smallest absolute Gasteiger partial charge is 0.305 e. The first kappa shape index (κ1) is 12.7. The van der Waals surface area contributed by atoms with E-state index in [2.05, 4.69) is 5.32 Å². The fourth-order valence-corrected chi connectivity index (χ4v) is 1.88. The molecule has 0 aliphatic rings. The van der Waals surface area contributed by atoms with Gasteiger partial charge in [-0.3, -0.25) is 9.59 Å². The minimum Gasteiger partial charge on any atom is -0.481 e. The Morgan fingerprint density at radius 2 is 2.31 bits per heavy atom. The molecule has 0 aliphatic carbocycles. The molecule has 1 unspecified atom stereocenters. The SMILES string of the molecule is NC(CC(=O)O)C(=O)NCCc1ccsc1. The predicted octanol–water partition coefficient (Wildman–Crippen LogP) is 0.209. The molecule has 0 fully saturated rings. The summed E-state index contributed by atoms with van der Waals surface area (Å²) in [4.78, 5) is 21.6. The normalized spacial score (nSPS) is 12.1. The minimum absolute atomic E-state index is 0.343.